The molecule has 0 bridgehead atoms. The molecular formula is C27H33FN4O10S. The first-order valence-corrected chi connectivity index (χ1v) is 13.3. The normalized spacial score (nSPS) is 14.2. The Balaban J connectivity index is 0.000000372. The van der Waals surface area contributed by atoms with Crippen molar-refractivity contribution in [1.29, 1.82) is 0 Å². The van der Waals surface area contributed by atoms with Gasteiger partial charge in [-0.2, -0.15) is 0 Å². The Morgan fingerprint density at radius 2 is 1.65 bits per heavy atom. The van der Waals surface area contributed by atoms with Gasteiger partial charge < -0.3 is 51.2 Å². The van der Waals surface area contributed by atoms with Crippen LogP contribution in [0.1, 0.15) is 18.4 Å². The molecule has 9 N–H and O–H groups in total. The molecule has 5 rings (SSSR count). The van der Waals surface area contributed by atoms with E-state index >= 15 is 0 Å². The van der Waals surface area contributed by atoms with Crippen LogP contribution in [0.3, 0.4) is 0 Å². The van der Waals surface area contributed by atoms with Crippen molar-refractivity contribution in [2.24, 2.45) is 4.99 Å². The molecule has 0 saturated carbocycles. The highest BCUT2D eigenvalue weighted by Gasteiger charge is 2.40. The van der Waals surface area contributed by atoms with Crippen LogP contribution in [0, 0.1) is 5.82 Å². The maximum atomic E-state index is 13.9. The summed E-state index contributed by atoms with van der Waals surface area (Å²) in [6.45, 7) is 3.82. The molecule has 0 aliphatic carbocycles. The molecule has 1 fully saturated rings. The number of aliphatic hydroxyl groups is 1. The SMILES string of the molecule is COc1ccc2c3c(sc2c1)Nc1cc(F)ccc1N=C3N1CCN(C)CC1.O.O.O=C(O)CC(O)(CC(=O)O)C(=O)O. The Morgan fingerprint density at radius 3 is 2.21 bits per heavy atom. The summed E-state index contributed by atoms with van der Waals surface area (Å²) in [5, 5.41) is 39.4. The van der Waals surface area contributed by atoms with Crippen LogP contribution in [0.5, 0.6) is 5.75 Å². The number of hydrogen-bond donors (Lipinski definition) is 5. The molecule has 0 amide bonds. The number of anilines is 2. The van der Waals surface area contributed by atoms with E-state index in [2.05, 4.69) is 28.2 Å². The largest absolute Gasteiger partial charge is 0.497 e. The highest BCUT2D eigenvalue weighted by molar-refractivity contribution is 7.23. The Hall–Kier alpha value is -4.35. The molecule has 2 aromatic carbocycles. The van der Waals surface area contributed by atoms with Gasteiger partial charge in [0.1, 0.15) is 22.4 Å². The van der Waals surface area contributed by atoms with Gasteiger partial charge in [-0.1, -0.05) is 0 Å². The van der Waals surface area contributed by atoms with Crippen molar-refractivity contribution in [1.82, 2.24) is 9.80 Å². The summed E-state index contributed by atoms with van der Waals surface area (Å²) in [7, 11) is 3.82. The Morgan fingerprint density at radius 1 is 1.02 bits per heavy atom. The lowest BCUT2D eigenvalue weighted by molar-refractivity contribution is -0.170. The van der Waals surface area contributed by atoms with Gasteiger partial charge in [-0.3, -0.25) is 9.59 Å². The number of nitrogens with zero attached hydrogens (tertiary/aromatic N) is 3. The molecule has 0 radical (unpaired) electrons. The van der Waals surface area contributed by atoms with Crippen LogP contribution in [0.25, 0.3) is 10.1 Å². The molecule has 0 atom stereocenters. The average Bonchev–Trinajstić information content (AvgIpc) is 3.16. The first-order valence-electron chi connectivity index (χ1n) is 12.5. The number of benzene rings is 2. The van der Waals surface area contributed by atoms with Gasteiger partial charge in [0.05, 0.1) is 36.9 Å². The lowest BCUT2D eigenvalue weighted by Crippen LogP contribution is -2.47. The number of thiophene rings is 1. The quantitative estimate of drug-likeness (QED) is 0.264. The minimum atomic E-state index is -2.74. The van der Waals surface area contributed by atoms with Crippen molar-refractivity contribution < 1.29 is 54.9 Å². The fourth-order valence-corrected chi connectivity index (χ4v) is 5.61. The smallest absolute Gasteiger partial charge is 0.336 e. The molecule has 3 heterocycles. The van der Waals surface area contributed by atoms with Gasteiger partial charge in [0.15, 0.2) is 5.60 Å². The second-order valence-corrected chi connectivity index (χ2v) is 10.7. The van der Waals surface area contributed by atoms with Crippen molar-refractivity contribution in [2.75, 3.05) is 45.7 Å². The fourth-order valence-electron chi connectivity index (χ4n) is 4.47. The van der Waals surface area contributed by atoms with E-state index in [1.807, 2.05) is 12.1 Å². The lowest BCUT2D eigenvalue weighted by atomic mass is 9.96. The predicted octanol–water partition coefficient (Wildman–Crippen LogP) is 1.53. The first-order chi connectivity index (χ1) is 19.4. The number of methoxy groups -OCH3 is 1. The topological polar surface area (TPSA) is 235 Å². The zero-order valence-electron chi connectivity index (χ0n) is 23.3. The summed E-state index contributed by atoms with van der Waals surface area (Å²) in [6.07, 6.45) is -2.29. The van der Waals surface area contributed by atoms with Crippen LogP contribution in [0.2, 0.25) is 0 Å². The van der Waals surface area contributed by atoms with Crippen molar-refractivity contribution in [3.63, 3.8) is 0 Å². The average molecular weight is 625 g/mol. The number of hydrogen-bond acceptors (Lipinski definition) is 10. The van der Waals surface area contributed by atoms with Crippen molar-refractivity contribution in [3.8, 4) is 5.75 Å². The number of carboxylic acid groups (broad SMARTS) is 3. The maximum absolute atomic E-state index is 13.9. The number of aliphatic carboxylic acids is 3. The molecule has 1 saturated heterocycles. The Labute approximate surface area is 248 Å². The number of carbonyl (C=O) groups is 3. The highest BCUT2D eigenvalue weighted by atomic mass is 32.1. The minimum absolute atomic E-state index is 0. The lowest BCUT2D eigenvalue weighted by Gasteiger charge is -2.34. The molecule has 3 aromatic rings. The molecular weight excluding hydrogens is 591 g/mol. The van der Waals surface area contributed by atoms with E-state index < -0.39 is 36.4 Å². The van der Waals surface area contributed by atoms with Crippen LogP contribution in [-0.4, -0.2) is 111 Å². The third kappa shape index (κ3) is 7.94. The van der Waals surface area contributed by atoms with E-state index in [1.165, 1.54) is 12.1 Å². The maximum Gasteiger partial charge on any atom is 0.336 e. The Kier molecular flexibility index (Phi) is 11.5. The van der Waals surface area contributed by atoms with E-state index in [9.17, 15) is 18.8 Å². The summed E-state index contributed by atoms with van der Waals surface area (Å²) in [5.74, 6) is -3.51. The number of ether oxygens (including phenoxy) is 1. The van der Waals surface area contributed by atoms with Crippen LogP contribution in [0.4, 0.5) is 20.8 Å². The van der Waals surface area contributed by atoms with Crippen LogP contribution < -0.4 is 10.1 Å². The van der Waals surface area contributed by atoms with Gasteiger partial charge in [-0.05, 0) is 43.4 Å². The van der Waals surface area contributed by atoms with Gasteiger partial charge >= 0.3 is 17.9 Å². The van der Waals surface area contributed by atoms with Crippen molar-refractivity contribution in [3.05, 3.63) is 47.8 Å². The summed E-state index contributed by atoms with van der Waals surface area (Å²) in [4.78, 5) is 40.2. The van der Waals surface area contributed by atoms with Crippen molar-refractivity contribution >= 4 is 61.5 Å². The first kappa shape index (κ1) is 34.8. The minimum Gasteiger partial charge on any atom is -0.497 e. The molecule has 2 aliphatic rings. The number of amidine groups is 1. The number of carboxylic acids is 3. The molecule has 16 heteroatoms. The van der Waals surface area contributed by atoms with Crippen molar-refractivity contribution in [2.45, 2.75) is 18.4 Å². The van der Waals surface area contributed by atoms with Gasteiger partial charge in [-0.25, -0.2) is 14.2 Å². The number of rotatable bonds is 6. The van der Waals surface area contributed by atoms with E-state index in [0.29, 0.717) is 5.69 Å². The third-order valence-electron chi connectivity index (χ3n) is 6.64. The standard InChI is InChI=1S/C21H21FN4OS.C6H8O7.2H2O/c1-25-7-9-26(10-8-25)20-19-15-5-4-14(27-2)12-18(15)28-21(19)24-17-11-13(22)3-6-16(17)23-20;7-3(8)1-6(13,5(11)12)2-4(9)10;;/h3-6,11-12,24H,7-10H2,1-2H3;13H,1-2H2,(H,7,8)(H,9,10)(H,11,12);2*1H2. The Bertz CT molecular complexity index is 1500. The number of nitrogens with one attached hydrogen (secondary N) is 1. The molecule has 43 heavy (non-hydrogen) atoms. The molecule has 0 unspecified atom stereocenters. The van der Waals surface area contributed by atoms with Crippen LogP contribution >= 0.6 is 11.3 Å². The van der Waals surface area contributed by atoms with Gasteiger partial charge in [0.25, 0.3) is 0 Å². The van der Waals surface area contributed by atoms with Gasteiger partial charge in [0.2, 0.25) is 0 Å². The van der Waals surface area contributed by atoms with Gasteiger partial charge in [-0.15, -0.1) is 11.3 Å². The molecule has 1 aromatic heterocycles. The van der Waals surface area contributed by atoms with E-state index in [1.54, 1.807) is 24.5 Å². The summed E-state index contributed by atoms with van der Waals surface area (Å²) >= 11 is 1.65. The van der Waals surface area contributed by atoms with E-state index in [4.69, 9.17) is 30.2 Å². The number of piperazine rings is 1. The predicted molar refractivity (Wildman–Crippen MR) is 158 cm³/mol. The van der Waals surface area contributed by atoms with Gasteiger partial charge in [0, 0.05) is 36.3 Å². The second-order valence-electron chi connectivity index (χ2n) is 9.66. The zero-order chi connectivity index (χ0) is 29.9. The summed E-state index contributed by atoms with van der Waals surface area (Å²) in [5.41, 5.74) is -0.189. The number of halogens is 1. The molecule has 2 aliphatic heterocycles. The number of likely N-dealkylation sites (N-methyl/N-ethyl adjacent to an activating group) is 1. The third-order valence-corrected chi connectivity index (χ3v) is 7.71. The van der Waals surface area contributed by atoms with Crippen LogP contribution in [0.15, 0.2) is 41.4 Å². The molecule has 14 nitrogen and oxygen atoms in total. The summed E-state index contributed by atoms with van der Waals surface area (Å²) in [6, 6.07) is 10.8. The monoisotopic (exact) mass is 624 g/mol. The number of aliphatic imine (C=N–C) groups is 1. The van der Waals surface area contributed by atoms with E-state index in [-0.39, 0.29) is 16.8 Å². The number of fused-ring (bicyclic) bond motifs is 4. The summed E-state index contributed by atoms with van der Waals surface area (Å²) < 4.78 is 20.4. The second kappa shape index (κ2) is 14.2. The highest BCUT2D eigenvalue weighted by Crippen LogP contribution is 2.44. The fraction of sp³-hybridized carbons (Fsp3) is 0.333. The molecule has 0 spiro atoms. The zero-order valence-corrected chi connectivity index (χ0v) is 24.1. The van der Waals surface area contributed by atoms with Crippen LogP contribution in [-0.2, 0) is 14.4 Å². The molecule has 234 valence electrons. The van der Waals surface area contributed by atoms with E-state index in [0.717, 1.165) is 64.1 Å².